The fourth-order valence-corrected chi connectivity index (χ4v) is 2.70. The van der Waals surface area contributed by atoms with Crippen LogP contribution in [0.3, 0.4) is 0 Å². The molecule has 1 rings (SSSR count). The predicted octanol–water partition coefficient (Wildman–Crippen LogP) is 2.89. The number of nitrogens with zero attached hydrogens (tertiary/aromatic N) is 1. The first-order valence-corrected chi connectivity index (χ1v) is 7.15. The maximum atomic E-state index is 3.40. The van der Waals surface area contributed by atoms with Gasteiger partial charge in [0.1, 0.15) is 0 Å². The van der Waals surface area contributed by atoms with Crippen LogP contribution in [0.4, 0.5) is 0 Å². The second-order valence-electron chi connectivity index (χ2n) is 5.43. The first kappa shape index (κ1) is 14.0. The molecule has 0 heterocycles. The summed E-state index contributed by atoms with van der Waals surface area (Å²) in [7, 11) is 2.30. The van der Waals surface area contributed by atoms with Gasteiger partial charge in [-0.2, -0.15) is 0 Å². The zero-order valence-electron chi connectivity index (χ0n) is 11.5. The molecule has 0 bridgehead atoms. The molecule has 1 saturated carbocycles. The van der Waals surface area contributed by atoms with Crippen molar-refractivity contribution in [3.63, 3.8) is 0 Å². The fraction of sp³-hybridized carbons (Fsp3) is 1.00. The van der Waals surface area contributed by atoms with Crippen LogP contribution in [-0.2, 0) is 0 Å². The van der Waals surface area contributed by atoms with Gasteiger partial charge in [0, 0.05) is 12.6 Å². The Labute approximate surface area is 102 Å². The van der Waals surface area contributed by atoms with E-state index < -0.39 is 0 Å². The van der Waals surface area contributed by atoms with Gasteiger partial charge >= 0.3 is 0 Å². The number of rotatable bonds is 8. The average Bonchev–Trinajstić information content (AvgIpc) is 2.76. The van der Waals surface area contributed by atoms with Gasteiger partial charge < -0.3 is 10.2 Å². The van der Waals surface area contributed by atoms with Gasteiger partial charge in [0.05, 0.1) is 0 Å². The van der Waals surface area contributed by atoms with Crippen molar-refractivity contribution >= 4 is 0 Å². The summed E-state index contributed by atoms with van der Waals surface area (Å²) in [5.41, 5.74) is 0. The zero-order valence-corrected chi connectivity index (χ0v) is 11.5. The molecule has 0 saturated heterocycles. The van der Waals surface area contributed by atoms with Crippen molar-refractivity contribution in [2.24, 2.45) is 5.92 Å². The Kier molecular flexibility index (Phi) is 7.06. The summed E-state index contributed by atoms with van der Waals surface area (Å²) >= 11 is 0. The van der Waals surface area contributed by atoms with E-state index in [1.54, 1.807) is 0 Å². The lowest BCUT2D eigenvalue weighted by Crippen LogP contribution is -2.33. The standard InChI is InChI=1S/C14H30N2/c1-4-15-11-7-8-13(2)16(3)12-14-9-5-6-10-14/h13-15H,4-12H2,1-3H3. The second kappa shape index (κ2) is 8.08. The SMILES string of the molecule is CCNCCCC(C)N(C)CC1CCCC1. The van der Waals surface area contributed by atoms with Crippen LogP contribution in [0.2, 0.25) is 0 Å². The molecule has 1 aliphatic carbocycles. The molecule has 16 heavy (non-hydrogen) atoms. The Hall–Kier alpha value is -0.0800. The molecule has 2 nitrogen and oxygen atoms in total. The molecule has 1 unspecified atom stereocenters. The third kappa shape index (κ3) is 5.31. The Morgan fingerprint density at radius 3 is 2.62 bits per heavy atom. The van der Waals surface area contributed by atoms with E-state index in [9.17, 15) is 0 Å². The van der Waals surface area contributed by atoms with Crippen LogP contribution >= 0.6 is 0 Å². The molecular formula is C14H30N2. The Morgan fingerprint density at radius 2 is 2.00 bits per heavy atom. The van der Waals surface area contributed by atoms with Gasteiger partial charge in [0.2, 0.25) is 0 Å². The third-order valence-corrected chi connectivity index (χ3v) is 4.00. The van der Waals surface area contributed by atoms with E-state index >= 15 is 0 Å². The molecule has 0 aromatic heterocycles. The topological polar surface area (TPSA) is 15.3 Å². The summed E-state index contributed by atoms with van der Waals surface area (Å²) in [6.45, 7) is 8.16. The molecule has 1 fully saturated rings. The van der Waals surface area contributed by atoms with Gasteiger partial charge in [-0.1, -0.05) is 19.8 Å². The smallest absolute Gasteiger partial charge is 0.00644 e. The fourth-order valence-electron chi connectivity index (χ4n) is 2.70. The minimum atomic E-state index is 0.749. The quantitative estimate of drug-likeness (QED) is 0.640. The van der Waals surface area contributed by atoms with E-state index in [2.05, 4.69) is 31.1 Å². The molecule has 0 aliphatic heterocycles. The molecule has 1 aliphatic rings. The van der Waals surface area contributed by atoms with E-state index in [1.165, 1.54) is 51.6 Å². The Balaban J connectivity index is 2.06. The Bertz CT molecular complexity index is 164. The van der Waals surface area contributed by atoms with Crippen molar-refractivity contribution in [3.8, 4) is 0 Å². The van der Waals surface area contributed by atoms with Crippen molar-refractivity contribution in [1.29, 1.82) is 0 Å². The normalized spacial score (nSPS) is 19.5. The van der Waals surface area contributed by atoms with Gasteiger partial charge in [-0.05, 0) is 58.7 Å². The molecule has 96 valence electrons. The van der Waals surface area contributed by atoms with E-state index in [0.717, 1.165) is 18.5 Å². The molecule has 1 atom stereocenters. The van der Waals surface area contributed by atoms with Gasteiger partial charge in [0.25, 0.3) is 0 Å². The first-order chi connectivity index (χ1) is 7.74. The molecular weight excluding hydrogens is 196 g/mol. The maximum absolute atomic E-state index is 3.40. The zero-order chi connectivity index (χ0) is 11.8. The molecule has 0 amide bonds. The highest BCUT2D eigenvalue weighted by molar-refractivity contribution is 4.73. The number of hydrogen-bond donors (Lipinski definition) is 1. The van der Waals surface area contributed by atoms with Gasteiger partial charge in [0.15, 0.2) is 0 Å². The number of nitrogens with one attached hydrogen (secondary N) is 1. The summed E-state index contributed by atoms with van der Waals surface area (Å²) < 4.78 is 0. The van der Waals surface area contributed by atoms with Crippen molar-refractivity contribution in [2.75, 3.05) is 26.7 Å². The highest BCUT2D eigenvalue weighted by atomic mass is 15.1. The van der Waals surface area contributed by atoms with Crippen LogP contribution < -0.4 is 5.32 Å². The highest BCUT2D eigenvalue weighted by Gasteiger charge is 2.18. The minimum absolute atomic E-state index is 0.749. The molecule has 2 heteroatoms. The molecule has 0 aromatic carbocycles. The van der Waals surface area contributed by atoms with Gasteiger partial charge in [-0.15, -0.1) is 0 Å². The van der Waals surface area contributed by atoms with Crippen LogP contribution in [0.25, 0.3) is 0 Å². The molecule has 0 spiro atoms. The van der Waals surface area contributed by atoms with Crippen molar-refractivity contribution in [2.45, 2.75) is 58.4 Å². The Morgan fingerprint density at radius 1 is 1.31 bits per heavy atom. The maximum Gasteiger partial charge on any atom is 0.00644 e. The summed E-state index contributed by atoms with van der Waals surface area (Å²) in [6, 6.07) is 0.749. The minimum Gasteiger partial charge on any atom is -0.317 e. The highest BCUT2D eigenvalue weighted by Crippen LogP contribution is 2.25. The lowest BCUT2D eigenvalue weighted by molar-refractivity contribution is 0.207. The summed E-state index contributed by atoms with van der Waals surface area (Å²) in [6.07, 6.45) is 8.50. The third-order valence-electron chi connectivity index (χ3n) is 4.00. The second-order valence-corrected chi connectivity index (χ2v) is 5.43. The average molecular weight is 226 g/mol. The van der Waals surface area contributed by atoms with Gasteiger partial charge in [-0.25, -0.2) is 0 Å². The largest absolute Gasteiger partial charge is 0.317 e. The first-order valence-electron chi connectivity index (χ1n) is 7.15. The monoisotopic (exact) mass is 226 g/mol. The van der Waals surface area contributed by atoms with Crippen LogP contribution in [0.15, 0.2) is 0 Å². The summed E-state index contributed by atoms with van der Waals surface area (Å²) in [4.78, 5) is 2.57. The summed E-state index contributed by atoms with van der Waals surface area (Å²) in [5, 5.41) is 3.40. The molecule has 0 radical (unpaired) electrons. The van der Waals surface area contributed by atoms with E-state index in [-0.39, 0.29) is 0 Å². The van der Waals surface area contributed by atoms with E-state index in [1.807, 2.05) is 0 Å². The van der Waals surface area contributed by atoms with Crippen molar-refractivity contribution in [1.82, 2.24) is 10.2 Å². The number of hydrogen-bond acceptors (Lipinski definition) is 2. The van der Waals surface area contributed by atoms with Crippen LogP contribution in [0.5, 0.6) is 0 Å². The summed E-state index contributed by atoms with van der Waals surface area (Å²) in [5.74, 6) is 0.987. The predicted molar refractivity (Wildman–Crippen MR) is 71.8 cm³/mol. The van der Waals surface area contributed by atoms with E-state index in [0.29, 0.717) is 0 Å². The van der Waals surface area contributed by atoms with Crippen LogP contribution in [0.1, 0.15) is 52.4 Å². The van der Waals surface area contributed by atoms with Crippen LogP contribution in [-0.4, -0.2) is 37.6 Å². The van der Waals surface area contributed by atoms with Crippen molar-refractivity contribution < 1.29 is 0 Å². The molecule has 0 aromatic rings. The lowest BCUT2D eigenvalue weighted by Gasteiger charge is -2.27. The van der Waals surface area contributed by atoms with Crippen molar-refractivity contribution in [3.05, 3.63) is 0 Å². The molecule has 1 N–H and O–H groups in total. The van der Waals surface area contributed by atoms with E-state index in [4.69, 9.17) is 0 Å². The van der Waals surface area contributed by atoms with Gasteiger partial charge in [-0.3, -0.25) is 0 Å². The lowest BCUT2D eigenvalue weighted by atomic mass is 10.1. The van der Waals surface area contributed by atoms with Crippen LogP contribution in [0, 0.1) is 5.92 Å².